The summed E-state index contributed by atoms with van der Waals surface area (Å²) in [5, 5.41) is 2.95. The van der Waals surface area contributed by atoms with Crippen molar-refractivity contribution in [2.24, 2.45) is 0 Å². The molecule has 1 heterocycles. The fraction of sp³-hybridized carbons (Fsp3) is 0.286. The van der Waals surface area contributed by atoms with Crippen LogP contribution in [0.15, 0.2) is 18.3 Å². The molecule has 3 heteroatoms. The first-order valence-electron chi connectivity index (χ1n) is 3.06. The van der Waals surface area contributed by atoms with Crippen molar-refractivity contribution in [3.8, 4) is 0 Å². The highest BCUT2D eigenvalue weighted by Gasteiger charge is 1.96. The number of anilines is 1. The van der Waals surface area contributed by atoms with E-state index >= 15 is 0 Å². The normalized spacial score (nSPS) is 9.40. The van der Waals surface area contributed by atoms with Gasteiger partial charge in [-0.25, -0.2) is 4.98 Å². The molecule has 0 unspecified atom stereocenters. The van der Waals surface area contributed by atoms with E-state index in [0.29, 0.717) is 5.88 Å². The smallest absolute Gasteiger partial charge is 0.130 e. The molecule has 0 saturated heterocycles. The van der Waals surface area contributed by atoms with Gasteiger partial charge in [0.2, 0.25) is 0 Å². The maximum absolute atomic E-state index is 5.63. The van der Waals surface area contributed by atoms with Crippen molar-refractivity contribution in [1.82, 2.24) is 4.98 Å². The van der Waals surface area contributed by atoms with Crippen LogP contribution in [0.1, 0.15) is 5.56 Å². The largest absolute Gasteiger partial charge is 0.373 e. The molecule has 0 aromatic carbocycles. The molecule has 0 spiro atoms. The highest BCUT2D eigenvalue weighted by Crippen LogP contribution is 2.11. The van der Waals surface area contributed by atoms with E-state index < -0.39 is 0 Å². The van der Waals surface area contributed by atoms with Crippen molar-refractivity contribution in [1.29, 1.82) is 0 Å². The number of rotatable bonds is 2. The van der Waals surface area contributed by atoms with E-state index in [4.69, 9.17) is 11.6 Å². The maximum Gasteiger partial charge on any atom is 0.130 e. The number of alkyl halides is 1. The summed E-state index contributed by atoms with van der Waals surface area (Å²) in [5.41, 5.74) is 1.03. The van der Waals surface area contributed by atoms with Gasteiger partial charge in [-0.2, -0.15) is 0 Å². The second kappa shape index (κ2) is 3.42. The van der Waals surface area contributed by atoms with E-state index in [0.717, 1.165) is 11.4 Å². The van der Waals surface area contributed by atoms with Crippen molar-refractivity contribution in [2.75, 3.05) is 12.4 Å². The van der Waals surface area contributed by atoms with Crippen LogP contribution in [0, 0.1) is 0 Å². The lowest BCUT2D eigenvalue weighted by molar-refractivity contribution is 1.22. The van der Waals surface area contributed by atoms with Gasteiger partial charge in [0.25, 0.3) is 0 Å². The number of halogens is 1. The number of nitrogens with one attached hydrogen (secondary N) is 1. The Kier molecular flexibility index (Phi) is 2.51. The van der Waals surface area contributed by atoms with Gasteiger partial charge in [0, 0.05) is 18.8 Å². The van der Waals surface area contributed by atoms with E-state index in [-0.39, 0.29) is 0 Å². The Morgan fingerprint density at radius 3 is 3.00 bits per heavy atom. The number of pyridine rings is 1. The quantitative estimate of drug-likeness (QED) is 0.662. The first-order valence-corrected chi connectivity index (χ1v) is 3.59. The predicted molar refractivity (Wildman–Crippen MR) is 43.3 cm³/mol. The van der Waals surface area contributed by atoms with Gasteiger partial charge in [-0.05, 0) is 6.07 Å². The average molecular weight is 157 g/mol. The van der Waals surface area contributed by atoms with E-state index in [1.165, 1.54) is 0 Å². The molecule has 0 saturated carbocycles. The van der Waals surface area contributed by atoms with Crippen LogP contribution < -0.4 is 5.32 Å². The summed E-state index contributed by atoms with van der Waals surface area (Å²) in [7, 11) is 1.83. The highest BCUT2D eigenvalue weighted by atomic mass is 35.5. The average Bonchev–Trinajstić information content (AvgIpc) is 2.04. The highest BCUT2D eigenvalue weighted by molar-refractivity contribution is 6.17. The van der Waals surface area contributed by atoms with Crippen LogP contribution in [0.4, 0.5) is 5.82 Å². The second-order valence-corrected chi connectivity index (χ2v) is 2.16. The molecule has 0 fully saturated rings. The van der Waals surface area contributed by atoms with Crippen molar-refractivity contribution >= 4 is 17.4 Å². The zero-order valence-electron chi connectivity index (χ0n) is 5.76. The lowest BCUT2D eigenvalue weighted by Gasteiger charge is -2.02. The third kappa shape index (κ3) is 1.39. The molecule has 1 rings (SSSR count). The van der Waals surface area contributed by atoms with Crippen LogP contribution >= 0.6 is 11.6 Å². The standard InChI is InChI=1S/C7H9ClN2/c1-9-7-6(5-8)3-2-4-10-7/h2-4H,5H2,1H3,(H,9,10). The summed E-state index contributed by atoms with van der Waals surface area (Å²) in [5.74, 6) is 1.36. The van der Waals surface area contributed by atoms with Gasteiger partial charge >= 0.3 is 0 Å². The topological polar surface area (TPSA) is 24.9 Å². The van der Waals surface area contributed by atoms with Crippen molar-refractivity contribution < 1.29 is 0 Å². The second-order valence-electron chi connectivity index (χ2n) is 1.89. The van der Waals surface area contributed by atoms with Gasteiger partial charge < -0.3 is 5.32 Å². The molecular formula is C7H9ClN2. The van der Waals surface area contributed by atoms with E-state index in [2.05, 4.69) is 10.3 Å². The van der Waals surface area contributed by atoms with Gasteiger partial charge in [0.05, 0.1) is 5.88 Å². The molecule has 1 aromatic rings. The minimum absolute atomic E-state index is 0.504. The van der Waals surface area contributed by atoms with Crippen LogP contribution in [0.5, 0.6) is 0 Å². The zero-order valence-corrected chi connectivity index (χ0v) is 6.52. The first kappa shape index (κ1) is 7.35. The molecule has 0 aliphatic rings. The summed E-state index contributed by atoms with van der Waals surface area (Å²) in [4.78, 5) is 4.07. The summed E-state index contributed by atoms with van der Waals surface area (Å²) < 4.78 is 0. The minimum Gasteiger partial charge on any atom is -0.373 e. The van der Waals surface area contributed by atoms with Crippen LogP contribution in [-0.4, -0.2) is 12.0 Å². The van der Waals surface area contributed by atoms with Crippen LogP contribution in [0.2, 0.25) is 0 Å². The number of nitrogens with zero attached hydrogens (tertiary/aromatic N) is 1. The molecule has 0 aliphatic carbocycles. The Labute approximate surface area is 65.2 Å². The maximum atomic E-state index is 5.63. The van der Waals surface area contributed by atoms with Gasteiger partial charge in [0.15, 0.2) is 0 Å². The van der Waals surface area contributed by atoms with Gasteiger partial charge in [-0.3, -0.25) is 0 Å². The number of hydrogen-bond acceptors (Lipinski definition) is 2. The molecule has 2 nitrogen and oxygen atoms in total. The summed E-state index contributed by atoms with van der Waals surface area (Å²) >= 11 is 5.63. The summed E-state index contributed by atoms with van der Waals surface area (Å²) in [6, 6.07) is 3.82. The molecule has 0 bridgehead atoms. The molecule has 1 aromatic heterocycles. The fourth-order valence-electron chi connectivity index (χ4n) is 0.772. The van der Waals surface area contributed by atoms with Gasteiger partial charge in [-0.1, -0.05) is 6.07 Å². The van der Waals surface area contributed by atoms with Crippen molar-refractivity contribution in [3.63, 3.8) is 0 Å². The van der Waals surface area contributed by atoms with Crippen LogP contribution in [-0.2, 0) is 5.88 Å². The Hall–Kier alpha value is -0.760. The number of aromatic nitrogens is 1. The lowest BCUT2D eigenvalue weighted by atomic mass is 10.3. The Balaban J connectivity index is 2.96. The first-order chi connectivity index (χ1) is 4.88. The predicted octanol–water partition coefficient (Wildman–Crippen LogP) is 1.86. The van der Waals surface area contributed by atoms with Crippen molar-refractivity contribution in [3.05, 3.63) is 23.9 Å². The lowest BCUT2D eigenvalue weighted by Crippen LogP contribution is -1.95. The summed E-state index contributed by atoms with van der Waals surface area (Å²) in [6.07, 6.45) is 1.74. The molecule has 0 atom stereocenters. The van der Waals surface area contributed by atoms with Gasteiger partial charge in [0.1, 0.15) is 5.82 Å². The molecule has 1 N–H and O–H groups in total. The minimum atomic E-state index is 0.504. The van der Waals surface area contributed by atoms with E-state index in [9.17, 15) is 0 Å². The monoisotopic (exact) mass is 156 g/mol. The molecule has 10 heavy (non-hydrogen) atoms. The van der Waals surface area contributed by atoms with Gasteiger partial charge in [-0.15, -0.1) is 11.6 Å². The number of hydrogen-bond donors (Lipinski definition) is 1. The van der Waals surface area contributed by atoms with Crippen molar-refractivity contribution in [2.45, 2.75) is 5.88 Å². The third-order valence-electron chi connectivity index (χ3n) is 1.27. The molecule has 0 aliphatic heterocycles. The Morgan fingerprint density at radius 1 is 1.70 bits per heavy atom. The Bertz CT molecular complexity index is 190. The molecule has 0 amide bonds. The third-order valence-corrected chi connectivity index (χ3v) is 1.56. The van der Waals surface area contributed by atoms with E-state index in [1.807, 2.05) is 19.2 Å². The van der Waals surface area contributed by atoms with Crippen LogP contribution in [0.25, 0.3) is 0 Å². The molecule has 54 valence electrons. The fourth-order valence-corrected chi connectivity index (χ4v) is 0.987. The SMILES string of the molecule is CNc1ncccc1CCl. The zero-order chi connectivity index (χ0) is 7.40. The summed E-state index contributed by atoms with van der Waals surface area (Å²) in [6.45, 7) is 0. The molecular weight excluding hydrogens is 148 g/mol. The Morgan fingerprint density at radius 2 is 2.50 bits per heavy atom. The molecule has 0 radical (unpaired) electrons. The van der Waals surface area contributed by atoms with E-state index in [1.54, 1.807) is 6.20 Å². The van der Waals surface area contributed by atoms with Crippen LogP contribution in [0.3, 0.4) is 0 Å².